The molecule has 4 rings (SSSR count). The molecule has 2 heterocycles. The molecule has 0 aliphatic carbocycles. The summed E-state index contributed by atoms with van der Waals surface area (Å²) in [4.78, 5) is 30.7. The van der Waals surface area contributed by atoms with Gasteiger partial charge in [0.05, 0.1) is 10.4 Å². The number of thioether (sulfide) groups is 1. The number of thiocarbonyl (C=S) groups is 1. The van der Waals surface area contributed by atoms with E-state index in [9.17, 15) is 14.7 Å². The van der Waals surface area contributed by atoms with Crippen LogP contribution in [0.25, 0.3) is 17.0 Å². The standard InChI is InChI=1S/C21H14N2O3S2/c24-19-17(12-13-8-9-16-15(11-13)7-4-10-22-16)28-21(27)23(19)18(20(25)26)14-5-2-1-3-6-14/h1-12,18H,(H,25,26)/b17-12+. The van der Waals surface area contributed by atoms with E-state index in [1.165, 1.54) is 4.90 Å². The van der Waals surface area contributed by atoms with Gasteiger partial charge in [-0.05, 0) is 35.4 Å². The van der Waals surface area contributed by atoms with E-state index in [-0.39, 0.29) is 4.32 Å². The molecule has 2 aromatic carbocycles. The minimum absolute atomic E-state index is 0.231. The van der Waals surface area contributed by atoms with E-state index in [0.717, 1.165) is 28.2 Å². The largest absolute Gasteiger partial charge is 0.479 e. The maximum absolute atomic E-state index is 13.0. The fraction of sp³-hybridized carbons (Fsp3) is 0.0476. The minimum atomic E-state index is -1.15. The van der Waals surface area contributed by atoms with Gasteiger partial charge in [-0.25, -0.2) is 4.79 Å². The lowest BCUT2D eigenvalue weighted by Gasteiger charge is -2.23. The molecule has 0 radical (unpaired) electrons. The number of amides is 1. The first-order valence-electron chi connectivity index (χ1n) is 8.44. The Morgan fingerprint density at radius 1 is 1.14 bits per heavy atom. The van der Waals surface area contributed by atoms with Crippen LogP contribution >= 0.6 is 24.0 Å². The number of carbonyl (C=O) groups is 2. The normalized spacial score (nSPS) is 16.7. The Bertz CT molecular complexity index is 1130. The summed E-state index contributed by atoms with van der Waals surface area (Å²) >= 11 is 6.45. The highest BCUT2D eigenvalue weighted by molar-refractivity contribution is 8.26. The highest BCUT2D eigenvalue weighted by atomic mass is 32.2. The number of carboxylic acids is 1. The van der Waals surface area contributed by atoms with E-state index in [2.05, 4.69) is 4.98 Å². The van der Waals surface area contributed by atoms with Gasteiger partial charge in [-0.2, -0.15) is 0 Å². The van der Waals surface area contributed by atoms with E-state index in [1.807, 2.05) is 30.3 Å². The smallest absolute Gasteiger partial charge is 0.331 e. The first-order valence-corrected chi connectivity index (χ1v) is 9.66. The van der Waals surface area contributed by atoms with Crippen LogP contribution in [0.15, 0.2) is 71.8 Å². The van der Waals surface area contributed by atoms with Gasteiger partial charge < -0.3 is 5.11 Å². The Morgan fingerprint density at radius 2 is 1.93 bits per heavy atom. The van der Waals surface area contributed by atoms with Gasteiger partial charge in [0.2, 0.25) is 0 Å². The second kappa shape index (κ2) is 7.53. The first kappa shape index (κ1) is 18.3. The molecule has 0 saturated carbocycles. The van der Waals surface area contributed by atoms with Gasteiger partial charge in [-0.1, -0.05) is 66.4 Å². The number of hydrogen-bond donors (Lipinski definition) is 1. The number of pyridine rings is 1. The minimum Gasteiger partial charge on any atom is -0.479 e. The molecule has 1 saturated heterocycles. The summed E-state index contributed by atoms with van der Waals surface area (Å²) in [6.45, 7) is 0. The van der Waals surface area contributed by atoms with Gasteiger partial charge in [0, 0.05) is 11.6 Å². The average molecular weight is 406 g/mol. The number of rotatable bonds is 4. The highest BCUT2D eigenvalue weighted by Gasteiger charge is 2.41. The third-order valence-electron chi connectivity index (χ3n) is 4.36. The maximum atomic E-state index is 13.0. The molecule has 1 fully saturated rings. The summed E-state index contributed by atoms with van der Waals surface area (Å²) in [7, 11) is 0. The number of aromatic nitrogens is 1. The van der Waals surface area contributed by atoms with Crippen LogP contribution in [0.3, 0.4) is 0 Å². The lowest BCUT2D eigenvalue weighted by Crippen LogP contribution is -2.37. The van der Waals surface area contributed by atoms with Gasteiger partial charge >= 0.3 is 5.97 Å². The van der Waals surface area contributed by atoms with Crippen molar-refractivity contribution in [1.82, 2.24) is 9.88 Å². The van der Waals surface area contributed by atoms with Crippen LogP contribution in [-0.2, 0) is 9.59 Å². The van der Waals surface area contributed by atoms with Gasteiger partial charge in [-0.15, -0.1) is 0 Å². The average Bonchev–Trinajstić information content (AvgIpc) is 2.96. The van der Waals surface area contributed by atoms with Crippen LogP contribution in [-0.4, -0.2) is 31.2 Å². The summed E-state index contributed by atoms with van der Waals surface area (Å²) in [6.07, 6.45) is 3.46. The van der Waals surface area contributed by atoms with Crippen molar-refractivity contribution in [2.75, 3.05) is 0 Å². The fourth-order valence-electron chi connectivity index (χ4n) is 3.08. The molecular weight excluding hydrogens is 392 g/mol. The molecule has 1 aliphatic heterocycles. The number of carboxylic acid groups (broad SMARTS) is 1. The molecule has 5 nitrogen and oxygen atoms in total. The number of hydrogen-bond acceptors (Lipinski definition) is 5. The Kier molecular flexibility index (Phi) is 4.93. The van der Waals surface area contributed by atoms with Crippen molar-refractivity contribution in [1.29, 1.82) is 0 Å². The van der Waals surface area contributed by atoms with Gasteiger partial charge in [-0.3, -0.25) is 14.7 Å². The molecule has 0 bridgehead atoms. The SMILES string of the molecule is O=C(O)C(c1ccccc1)N1C(=O)/C(=C\c2ccc3ncccc3c2)SC1=S. The van der Waals surface area contributed by atoms with E-state index >= 15 is 0 Å². The third kappa shape index (κ3) is 3.42. The number of benzene rings is 2. The molecule has 0 spiro atoms. The summed E-state index contributed by atoms with van der Waals surface area (Å²) in [5, 5.41) is 10.7. The Labute approximate surface area is 170 Å². The first-order chi connectivity index (χ1) is 13.5. The summed E-state index contributed by atoms with van der Waals surface area (Å²) in [5.74, 6) is -1.53. The van der Waals surface area contributed by atoms with Crippen LogP contribution < -0.4 is 0 Å². The molecule has 7 heteroatoms. The maximum Gasteiger partial charge on any atom is 0.331 e. The molecule has 1 amide bonds. The highest BCUT2D eigenvalue weighted by Crippen LogP contribution is 2.38. The second-order valence-corrected chi connectivity index (χ2v) is 7.83. The third-order valence-corrected chi connectivity index (χ3v) is 5.69. The van der Waals surface area contributed by atoms with Crippen molar-refractivity contribution in [2.45, 2.75) is 6.04 Å². The number of fused-ring (bicyclic) bond motifs is 1. The van der Waals surface area contributed by atoms with E-state index < -0.39 is 17.9 Å². The van der Waals surface area contributed by atoms with E-state index in [0.29, 0.717) is 10.5 Å². The zero-order valence-electron chi connectivity index (χ0n) is 14.5. The zero-order chi connectivity index (χ0) is 19.7. The van der Waals surface area contributed by atoms with Gasteiger partial charge in [0.15, 0.2) is 6.04 Å². The molecule has 1 aromatic heterocycles. The molecule has 1 N–H and O–H groups in total. The van der Waals surface area contributed by atoms with Crippen LogP contribution in [0.2, 0.25) is 0 Å². The lowest BCUT2D eigenvalue weighted by atomic mass is 10.1. The zero-order valence-corrected chi connectivity index (χ0v) is 16.1. The second-order valence-electron chi connectivity index (χ2n) is 6.16. The molecule has 1 atom stereocenters. The summed E-state index contributed by atoms with van der Waals surface area (Å²) in [6, 6.07) is 16.9. The van der Waals surface area contributed by atoms with Crippen molar-refractivity contribution < 1.29 is 14.7 Å². The van der Waals surface area contributed by atoms with Crippen LogP contribution in [0.4, 0.5) is 0 Å². The van der Waals surface area contributed by atoms with Crippen molar-refractivity contribution in [3.63, 3.8) is 0 Å². The van der Waals surface area contributed by atoms with Crippen LogP contribution in [0, 0.1) is 0 Å². The molecule has 1 aliphatic rings. The predicted octanol–water partition coefficient (Wildman–Crippen LogP) is 4.26. The van der Waals surface area contributed by atoms with E-state index in [4.69, 9.17) is 12.2 Å². The number of aliphatic carboxylic acids is 1. The van der Waals surface area contributed by atoms with E-state index in [1.54, 1.807) is 42.6 Å². The number of carbonyl (C=O) groups excluding carboxylic acids is 1. The molecular formula is C21H14N2O3S2. The summed E-state index contributed by atoms with van der Waals surface area (Å²) in [5.41, 5.74) is 2.19. The molecule has 3 aromatic rings. The van der Waals surface area contributed by atoms with Crippen LogP contribution in [0.5, 0.6) is 0 Å². The Hall–Kier alpha value is -3.03. The monoisotopic (exact) mass is 406 g/mol. The lowest BCUT2D eigenvalue weighted by molar-refractivity contribution is -0.145. The Balaban J connectivity index is 1.69. The number of nitrogens with zero attached hydrogens (tertiary/aromatic N) is 2. The van der Waals surface area contributed by atoms with Gasteiger partial charge in [0.1, 0.15) is 4.32 Å². The topological polar surface area (TPSA) is 70.5 Å². The van der Waals surface area contributed by atoms with Crippen molar-refractivity contribution >= 4 is 57.2 Å². The van der Waals surface area contributed by atoms with Crippen molar-refractivity contribution in [2.24, 2.45) is 0 Å². The fourth-order valence-corrected chi connectivity index (χ4v) is 4.39. The summed E-state index contributed by atoms with van der Waals surface area (Å²) < 4.78 is 0.231. The quantitative estimate of drug-likeness (QED) is 0.516. The molecule has 28 heavy (non-hydrogen) atoms. The predicted molar refractivity (Wildman–Crippen MR) is 114 cm³/mol. The van der Waals surface area contributed by atoms with Crippen LogP contribution in [0.1, 0.15) is 17.2 Å². The molecule has 138 valence electrons. The van der Waals surface area contributed by atoms with Crippen molar-refractivity contribution in [3.05, 3.63) is 82.9 Å². The van der Waals surface area contributed by atoms with Gasteiger partial charge in [0.25, 0.3) is 5.91 Å². The Morgan fingerprint density at radius 3 is 2.68 bits per heavy atom. The molecule has 1 unspecified atom stereocenters. The van der Waals surface area contributed by atoms with Crippen molar-refractivity contribution in [3.8, 4) is 0 Å².